The van der Waals surface area contributed by atoms with Crippen LogP contribution in [0.1, 0.15) is 6.42 Å². The van der Waals surface area contributed by atoms with Gasteiger partial charge in [0.05, 0.1) is 0 Å². The maximum absolute atomic E-state index is 11.9. The molecule has 0 bridgehead atoms. The van der Waals surface area contributed by atoms with Crippen molar-refractivity contribution in [2.75, 3.05) is 27.2 Å². The third-order valence-electron chi connectivity index (χ3n) is 3.34. The van der Waals surface area contributed by atoms with E-state index in [1.54, 1.807) is 0 Å². The topological polar surface area (TPSA) is 69.7 Å². The van der Waals surface area contributed by atoms with Crippen molar-refractivity contribution in [1.82, 2.24) is 15.1 Å². The first-order chi connectivity index (χ1) is 7.54. The molecule has 0 aliphatic carbocycles. The second-order valence-corrected chi connectivity index (χ2v) is 4.31. The number of imide groups is 2. The van der Waals surface area contributed by atoms with Gasteiger partial charge in [-0.05, 0) is 25.4 Å². The Kier molecular flexibility index (Phi) is 2.67. The van der Waals surface area contributed by atoms with Crippen LogP contribution in [-0.4, -0.2) is 54.8 Å². The normalized spacial score (nSPS) is 28.1. The summed E-state index contributed by atoms with van der Waals surface area (Å²) in [5, 5.41) is 3.13. The summed E-state index contributed by atoms with van der Waals surface area (Å²) in [4.78, 5) is 37.4. The van der Waals surface area contributed by atoms with Crippen molar-refractivity contribution in [2.24, 2.45) is 11.8 Å². The first-order valence-corrected chi connectivity index (χ1v) is 5.34. The van der Waals surface area contributed by atoms with Gasteiger partial charge in [0.1, 0.15) is 5.92 Å². The highest BCUT2D eigenvalue weighted by atomic mass is 16.2. The molecule has 0 aromatic heterocycles. The van der Waals surface area contributed by atoms with Crippen LogP contribution in [0.5, 0.6) is 0 Å². The molecule has 0 aromatic carbocycles. The summed E-state index contributed by atoms with van der Waals surface area (Å²) < 4.78 is 0. The van der Waals surface area contributed by atoms with Crippen LogP contribution < -0.4 is 5.32 Å². The van der Waals surface area contributed by atoms with Gasteiger partial charge in [-0.25, -0.2) is 4.79 Å². The van der Waals surface area contributed by atoms with Crippen molar-refractivity contribution in [3.8, 4) is 0 Å². The Bertz CT molecular complexity index is 325. The van der Waals surface area contributed by atoms with E-state index in [0.717, 1.165) is 22.8 Å². The van der Waals surface area contributed by atoms with Gasteiger partial charge in [-0.1, -0.05) is 0 Å². The molecular weight excluding hydrogens is 210 g/mol. The van der Waals surface area contributed by atoms with Crippen molar-refractivity contribution in [3.05, 3.63) is 0 Å². The largest absolute Gasteiger partial charge is 0.332 e. The molecule has 2 aliphatic rings. The number of barbiturate groups is 1. The predicted molar refractivity (Wildman–Crippen MR) is 55.4 cm³/mol. The standard InChI is InChI=1S/C10H15N3O3/c1-12-8(14)7(6-3-4-11-5-6)9(15)13(2)10(12)16/h6-7,11H,3-5H2,1-2H3. The molecule has 0 aromatic rings. The lowest BCUT2D eigenvalue weighted by atomic mass is 9.88. The highest BCUT2D eigenvalue weighted by Gasteiger charge is 2.46. The monoisotopic (exact) mass is 225 g/mol. The van der Waals surface area contributed by atoms with Gasteiger partial charge in [0.25, 0.3) is 0 Å². The van der Waals surface area contributed by atoms with Gasteiger partial charge in [0.2, 0.25) is 11.8 Å². The Morgan fingerprint density at radius 2 is 1.69 bits per heavy atom. The molecule has 0 saturated carbocycles. The Morgan fingerprint density at radius 3 is 2.12 bits per heavy atom. The molecule has 2 saturated heterocycles. The van der Waals surface area contributed by atoms with Crippen LogP contribution >= 0.6 is 0 Å². The van der Waals surface area contributed by atoms with Crippen molar-refractivity contribution in [1.29, 1.82) is 0 Å². The van der Waals surface area contributed by atoms with Crippen LogP contribution in [0.3, 0.4) is 0 Å². The minimum absolute atomic E-state index is 0.0120. The molecule has 6 heteroatoms. The number of urea groups is 1. The molecule has 2 heterocycles. The zero-order chi connectivity index (χ0) is 11.9. The van der Waals surface area contributed by atoms with E-state index < -0.39 is 11.9 Å². The van der Waals surface area contributed by atoms with Crippen LogP contribution in [0.4, 0.5) is 4.79 Å². The minimum Gasteiger partial charge on any atom is -0.316 e. The molecule has 1 N–H and O–H groups in total. The first kappa shape index (κ1) is 11.1. The number of rotatable bonds is 1. The number of nitrogens with zero attached hydrogens (tertiary/aromatic N) is 2. The fourth-order valence-electron chi connectivity index (χ4n) is 2.30. The molecule has 16 heavy (non-hydrogen) atoms. The molecule has 0 spiro atoms. The fraction of sp³-hybridized carbons (Fsp3) is 0.700. The predicted octanol–water partition coefficient (Wildman–Crippen LogP) is -0.737. The van der Waals surface area contributed by atoms with Crippen molar-refractivity contribution >= 4 is 17.8 Å². The van der Waals surface area contributed by atoms with E-state index in [1.165, 1.54) is 14.1 Å². The van der Waals surface area contributed by atoms with Crippen molar-refractivity contribution in [2.45, 2.75) is 6.42 Å². The summed E-state index contributed by atoms with van der Waals surface area (Å²) in [5.41, 5.74) is 0. The van der Waals surface area contributed by atoms with E-state index in [1.807, 2.05) is 0 Å². The third-order valence-corrected chi connectivity index (χ3v) is 3.34. The van der Waals surface area contributed by atoms with E-state index in [4.69, 9.17) is 0 Å². The van der Waals surface area contributed by atoms with E-state index in [0.29, 0.717) is 6.54 Å². The SMILES string of the molecule is CN1C(=O)C(C2CCNC2)C(=O)N(C)C1=O. The summed E-state index contributed by atoms with van der Waals surface area (Å²) in [6, 6.07) is -0.544. The number of amides is 4. The summed E-state index contributed by atoms with van der Waals surface area (Å²) in [6.45, 7) is 1.49. The first-order valence-electron chi connectivity index (χ1n) is 5.34. The number of nitrogens with one attached hydrogen (secondary N) is 1. The number of carbonyl (C=O) groups is 3. The van der Waals surface area contributed by atoms with Gasteiger partial charge in [-0.3, -0.25) is 19.4 Å². The van der Waals surface area contributed by atoms with Crippen molar-refractivity contribution < 1.29 is 14.4 Å². The van der Waals surface area contributed by atoms with Gasteiger partial charge in [0, 0.05) is 14.1 Å². The lowest BCUT2D eigenvalue weighted by Crippen LogP contribution is -2.58. The molecule has 1 atom stereocenters. The molecule has 2 aliphatic heterocycles. The van der Waals surface area contributed by atoms with E-state index in [9.17, 15) is 14.4 Å². The quantitative estimate of drug-likeness (QED) is 0.597. The highest BCUT2D eigenvalue weighted by molar-refractivity contribution is 6.15. The Hall–Kier alpha value is -1.43. The van der Waals surface area contributed by atoms with Gasteiger partial charge in [-0.15, -0.1) is 0 Å². The number of hydrogen-bond donors (Lipinski definition) is 1. The maximum atomic E-state index is 11.9. The molecule has 0 radical (unpaired) electrons. The zero-order valence-electron chi connectivity index (χ0n) is 9.40. The molecule has 2 rings (SSSR count). The van der Waals surface area contributed by atoms with Crippen LogP contribution in [0.15, 0.2) is 0 Å². The molecule has 6 nitrogen and oxygen atoms in total. The average Bonchev–Trinajstić information content (AvgIpc) is 2.77. The zero-order valence-corrected chi connectivity index (χ0v) is 9.40. The van der Waals surface area contributed by atoms with E-state index >= 15 is 0 Å². The van der Waals surface area contributed by atoms with Crippen molar-refractivity contribution in [3.63, 3.8) is 0 Å². The summed E-state index contributed by atoms with van der Waals surface area (Å²) in [6.07, 6.45) is 0.804. The van der Waals surface area contributed by atoms with Crippen LogP contribution in [0.2, 0.25) is 0 Å². The van der Waals surface area contributed by atoms with Crippen LogP contribution in [-0.2, 0) is 9.59 Å². The van der Waals surface area contributed by atoms with E-state index in [2.05, 4.69) is 5.32 Å². The average molecular weight is 225 g/mol. The van der Waals surface area contributed by atoms with Gasteiger partial charge >= 0.3 is 6.03 Å². The molecular formula is C10H15N3O3. The second-order valence-electron chi connectivity index (χ2n) is 4.31. The summed E-state index contributed by atoms with van der Waals surface area (Å²) >= 11 is 0. The minimum atomic E-state index is -0.692. The lowest BCUT2D eigenvalue weighted by molar-refractivity contribution is -0.149. The third kappa shape index (κ3) is 1.49. The summed E-state index contributed by atoms with van der Waals surface area (Å²) in [5.74, 6) is -1.43. The number of carbonyl (C=O) groups excluding carboxylic acids is 3. The second kappa shape index (κ2) is 3.86. The molecule has 88 valence electrons. The fourth-order valence-corrected chi connectivity index (χ4v) is 2.30. The van der Waals surface area contributed by atoms with Gasteiger partial charge in [0.15, 0.2) is 0 Å². The molecule has 2 fully saturated rings. The Labute approximate surface area is 93.6 Å². The smallest absolute Gasteiger partial charge is 0.316 e. The van der Waals surface area contributed by atoms with Crippen LogP contribution in [0, 0.1) is 11.8 Å². The van der Waals surface area contributed by atoms with Crippen LogP contribution in [0.25, 0.3) is 0 Å². The maximum Gasteiger partial charge on any atom is 0.332 e. The highest BCUT2D eigenvalue weighted by Crippen LogP contribution is 2.26. The Balaban J connectivity index is 2.26. The molecule has 4 amide bonds. The molecule has 1 unspecified atom stereocenters. The number of hydrogen-bond acceptors (Lipinski definition) is 4. The Morgan fingerprint density at radius 1 is 1.12 bits per heavy atom. The lowest BCUT2D eigenvalue weighted by Gasteiger charge is -2.35. The van der Waals surface area contributed by atoms with Gasteiger partial charge < -0.3 is 5.32 Å². The summed E-state index contributed by atoms with van der Waals surface area (Å²) in [7, 11) is 2.84. The van der Waals surface area contributed by atoms with Gasteiger partial charge in [-0.2, -0.15) is 0 Å². The van der Waals surface area contributed by atoms with E-state index in [-0.39, 0.29) is 17.7 Å².